The SMILES string of the molecule is COc1cc2c(c(OC)c1)OC(c1ccc(Cl)c(OC)c1)=C([N+](=O)[O-])C2. The molecule has 8 heteroatoms. The van der Waals surface area contributed by atoms with Crippen molar-refractivity contribution in [2.45, 2.75) is 6.42 Å². The average molecular weight is 378 g/mol. The molecule has 0 radical (unpaired) electrons. The third-order valence-electron chi connectivity index (χ3n) is 4.02. The Bertz CT molecular complexity index is 909. The Morgan fingerprint density at radius 2 is 1.81 bits per heavy atom. The number of nitro groups is 1. The third kappa shape index (κ3) is 3.13. The summed E-state index contributed by atoms with van der Waals surface area (Å²) < 4.78 is 21.7. The van der Waals surface area contributed by atoms with E-state index >= 15 is 0 Å². The highest BCUT2D eigenvalue weighted by Gasteiger charge is 2.32. The molecule has 2 aromatic carbocycles. The lowest BCUT2D eigenvalue weighted by Gasteiger charge is -2.22. The molecule has 0 unspecified atom stereocenters. The van der Waals surface area contributed by atoms with Gasteiger partial charge in [0.25, 0.3) is 5.70 Å². The molecule has 0 atom stereocenters. The summed E-state index contributed by atoms with van der Waals surface area (Å²) >= 11 is 6.05. The first-order valence-corrected chi connectivity index (χ1v) is 8.00. The molecule has 0 bridgehead atoms. The molecule has 3 rings (SSSR count). The Hall–Kier alpha value is -2.93. The van der Waals surface area contributed by atoms with Gasteiger partial charge in [0, 0.05) is 17.2 Å². The zero-order chi connectivity index (χ0) is 18.8. The predicted octanol–water partition coefficient (Wildman–Crippen LogP) is 3.95. The van der Waals surface area contributed by atoms with Crippen LogP contribution in [0.3, 0.4) is 0 Å². The molecule has 0 saturated heterocycles. The summed E-state index contributed by atoms with van der Waals surface area (Å²) in [6.07, 6.45) is 0.0656. The highest BCUT2D eigenvalue weighted by Crippen LogP contribution is 2.44. The minimum absolute atomic E-state index is 0.0656. The third-order valence-corrected chi connectivity index (χ3v) is 4.33. The summed E-state index contributed by atoms with van der Waals surface area (Å²) in [6, 6.07) is 8.20. The molecule has 1 aliphatic rings. The average Bonchev–Trinajstić information content (AvgIpc) is 2.66. The van der Waals surface area contributed by atoms with E-state index in [-0.39, 0.29) is 17.9 Å². The number of halogens is 1. The Labute approximate surface area is 154 Å². The van der Waals surface area contributed by atoms with Gasteiger partial charge < -0.3 is 18.9 Å². The summed E-state index contributed by atoms with van der Waals surface area (Å²) in [5.74, 6) is 1.91. The van der Waals surface area contributed by atoms with Gasteiger partial charge in [-0.2, -0.15) is 0 Å². The van der Waals surface area contributed by atoms with Crippen molar-refractivity contribution < 1.29 is 23.9 Å². The topological polar surface area (TPSA) is 80.1 Å². The van der Waals surface area contributed by atoms with E-state index in [1.807, 2.05) is 0 Å². The monoisotopic (exact) mass is 377 g/mol. The quantitative estimate of drug-likeness (QED) is 0.580. The van der Waals surface area contributed by atoms with Gasteiger partial charge >= 0.3 is 0 Å². The van der Waals surface area contributed by atoms with Gasteiger partial charge in [-0.25, -0.2) is 0 Å². The Morgan fingerprint density at radius 1 is 1.08 bits per heavy atom. The Morgan fingerprint density at radius 3 is 2.42 bits per heavy atom. The zero-order valence-electron chi connectivity index (χ0n) is 14.4. The van der Waals surface area contributed by atoms with E-state index in [2.05, 4.69) is 0 Å². The Balaban J connectivity index is 2.15. The number of fused-ring (bicyclic) bond motifs is 1. The molecular weight excluding hydrogens is 362 g/mol. The molecule has 136 valence electrons. The fraction of sp³-hybridized carbons (Fsp3) is 0.222. The van der Waals surface area contributed by atoms with E-state index in [1.165, 1.54) is 21.3 Å². The number of ether oxygens (including phenoxy) is 4. The van der Waals surface area contributed by atoms with Crippen molar-refractivity contribution in [2.24, 2.45) is 0 Å². The highest BCUT2D eigenvalue weighted by molar-refractivity contribution is 6.32. The normalized spacial score (nSPS) is 12.9. The van der Waals surface area contributed by atoms with Gasteiger partial charge in [-0.05, 0) is 24.3 Å². The van der Waals surface area contributed by atoms with Crippen LogP contribution in [-0.2, 0) is 6.42 Å². The van der Waals surface area contributed by atoms with Crippen LogP contribution in [0, 0.1) is 10.1 Å². The molecule has 0 N–H and O–H groups in total. The molecule has 26 heavy (non-hydrogen) atoms. The van der Waals surface area contributed by atoms with E-state index in [1.54, 1.807) is 30.3 Å². The minimum Gasteiger partial charge on any atom is -0.497 e. The maximum Gasteiger partial charge on any atom is 0.293 e. The van der Waals surface area contributed by atoms with Gasteiger partial charge in [0.15, 0.2) is 11.5 Å². The lowest BCUT2D eigenvalue weighted by atomic mass is 10.0. The predicted molar refractivity (Wildman–Crippen MR) is 95.8 cm³/mol. The first-order valence-electron chi connectivity index (χ1n) is 7.62. The van der Waals surface area contributed by atoms with Crippen molar-refractivity contribution in [3.8, 4) is 23.0 Å². The number of hydrogen-bond donors (Lipinski definition) is 0. The van der Waals surface area contributed by atoms with Gasteiger partial charge in [-0.1, -0.05) is 11.6 Å². The van der Waals surface area contributed by atoms with Crippen molar-refractivity contribution in [2.75, 3.05) is 21.3 Å². The zero-order valence-corrected chi connectivity index (χ0v) is 15.1. The van der Waals surface area contributed by atoms with E-state index in [0.29, 0.717) is 39.1 Å². The van der Waals surface area contributed by atoms with Gasteiger partial charge in [0.2, 0.25) is 5.76 Å². The van der Waals surface area contributed by atoms with Gasteiger partial charge in [-0.3, -0.25) is 10.1 Å². The molecule has 0 fully saturated rings. The van der Waals surface area contributed by atoms with Crippen molar-refractivity contribution in [3.05, 3.63) is 62.3 Å². The molecule has 0 amide bonds. The Kier molecular flexibility index (Phi) is 4.90. The van der Waals surface area contributed by atoms with E-state index in [0.717, 1.165) is 0 Å². The number of allylic oxidation sites excluding steroid dienone is 1. The second-order valence-electron chi connectivity index (χ2n) is 5.48. The molecule has 7 nitrogen and oxygen atoms in total. The second-order valence-corrected chi connectivity index (χ2v) is 5.89. The van der Waals surface area contributed by atoms with Crippen LogP contribution in [0.25, 0.3) is 5.76 Å². The van der Waals surface area contributed by atoms with Crippen LogP contribution >= 0.6 is 11.6 Å². The molecular formula is C18H16ClNO6. The standard InChI is InChI=1S/C18H16ClNO6/c1-23-12-6-11-7-14(20(21)22)17(26-18(11)16(9-12)25-3)10-4-5-13(19)15(8-10)24-2/h4-6,8-9H,7H2,1-3H3. The molecule has 0 aromatic heterocycles. The lowest BCUT2D eigenvalue weighted by Crippen LogP contribution is -2.16. The largest absolute Gasteiger partial charge is 0.497 e. The fourth-order valence-electron chi connectivity index (χ4n) is 2.74. The van der Waals surface area contributed by atoms with E-state index in [4.69, 9.17) is 30.5 Å². The van der Waals surface area contributed by atoms with Crippen molar-refractivity contribution in [3.63, 3.8) is 0 Å². The van der Waals surface area contributed by atoms with E-state index in [9.17, 15) is 10.1 Å². The molecule has 1 heterocycles. The van der Waals surface area contributed by atoms with Crippen molar-refractivity contribution in [1.82, 2.24) is 0 Å². The fourth-order valence-corrected chi connectivity index (χ4v) is 2.94. The van der Waals surface area contributed by atoms with Crippen LogP contribution in [0.2, 0.25) is 5.02 Å². The lowest BCUT2D eigenvalue weighted by molar-refractivity contribution is -0.427. The van der Waals surface area contributed by atoms with Crippen molar-refractivity contribution in [1.29, 1.82) is 0 Å². The minimum atomic E-state index is -0.453. The highest BCUT2D eigenvalue weighted by atomic mass is 35.5. The number of methoxy groups -OCH3 is 3. The molecule has 0 spiro atoms. The van der Waals surface area contributed by atoms with Crippen molar-refractivity contribution >= 4 is 17.4 Å². The summed E-state index contributed by atoms with van der Waals surface area (Å²) in [5, 5.41) is 12.0. The van der Waals surface area contributed by atoms with Crippen LogP contribution in [0.4, 0.5) is 0 Å². The van der Waals surface area contributed by atoms with Gasteiger partial charge in [0.1, 0.15) is 11.5 Å². The number of rotatable bonds is 5. The smallest absolute Gasteiger partial charge is 0.293 e. The molecule has 1 aliphatic heterocycles. The van der Waals surface area contributed by atoms with E-state index < -0.39 is 4.92 Å². The van der Waals surface area contributed by atoms with Crippen LogP contribution in [-0.4, -0.2) is 26.3 Å². The number of hydrogen-bond acceptors (Lipinski definition) is 6. The van der Waals surface area contributed by atoms with Crippen LogP contribution in [0.15, 0.2) is 36.0 Å². The maximum atomic E-state index is 11.6. The maximum absolute atomic E-state index is 11.6. The first kappa shape index (κ1) is 17.9. The van der Waals surface area contributed by atoms with Crippen LogP contribution in [0.5, 0.6) is 23.0 Å². The second kappa shape index (κ2) is 7.13. The van der Waals surface area contributed by atoms with Gasteiger partial charge in [-0.15, -0.1) is 0 Å². The summed E-state index contributed by atoms with van der Waals surface area (Å²) in [5.41, 5.74) is 1.02. The molecule has 2 aromatic rings. The summed E-state index contributed by atoms with van der Waals surface area (Å²) in [6.45, 7) is 0. The number of benzene rings is 2. The van der Waals surface area contributed by atoms with Gasteiger partial charge in [0.05, 0.1) is 37.7 Å². The van der Waals surface area contributed by atoms with Crippen LogP contribution in [0.1, 0.15) is 11.1 Å². The van der Waals surface area contributed by atoms with Crippen LogP contribution < -0.4 is 18.9 Å². The number of nitrogens with zero attached hydrogens (tertiary/aromatic N) is 1. The molecule has 0 saturated carbocycles. The summed E-state index contributed by atoms with van der Waals surface area (Å²) in [7, 11) is 4.48. The summed E-state index contributed by atoms with van der Waals surface area (Å²) in [4.78, 5) is 11.2. The first-order chi connectivity index (χ1) is 12.5. The molecule has 0 aliphatic carbocycles.